The largest absolute Gasteiger partial charge is 0.438 e. The van der Waals surface area contributed by atoms with Crippen molar-refractivity contribution in [1.29, 1.82) is 0 Å². The van der Waals surface area contributed by atoms with Gasteiger partial charge in [-0.1, -0.05) is 109 Å². The minimum atomic E-state index is 0.588. The smallest absolute Gasteiger partial charge is 0.227 e. The summed E-state index contributed by atoms with van der Waals surface area (Å²) in [6.07, 6.45) is 1.89. The summed E-state index contributed by atoms with van der Waals surface area (Å²) in [7, 11) is 0. The number of hydrogen-bond acceptors (Lipinski definition) is 6. The second kappa shape index (κ2) is 11.1. The topological polar surface area (TPSA) is 77.6 Å². The van der Waals surface area contributed by atoms with E-state index in [1.807, 2.05) is 103 Å². The van der Waals surface area contributed by atoms with Gasteiger partial charge in [0.15, 0.2) is 17.5 Å². The van der Waals surface area contributed by atoms with Crippen LogP contribution in [0.3, 0.4) is 0 Å². The summed E-state index contributed by atoms with van der Waals surface area (Å²) >= 11 is 0. The average Bonchev–Trinajstić information content (AvgIpc) is 3.52. The van der Waals surface area contributed by atoms with Crippen molar-refractivity contribution in [3.8, 4) is 56.7 Å². The molecule has 0 fully saturated rings. The molecule has 4 aromatic heterocycles. The van der Waals surface area contributed by atoms with Crippen molar-refractivity contribution >= 4 is 32.8 Å². The zero-order valence-corrected chi connectivity index (χ0v) is 25.1. The second-order valence-electron chi connectivity index (χ2n) is 11.4. The first-order valence-corrected chi connectivity index (χ1v) is 15.4. The van der Waals surface area contributed by atoms with Crippen LogP contribution in [0.4, 0.5) is 0 Å². The van der Waals surface area contributed by atoms with Gasteiger partial charge in [0.05, 0.1) is 11.4 Å². The Morgan fingerprint density at radius 2 is 1.00 bits per heavy atom. The predicted molar refractivity (Wildman–Crippen MR) is 187 cm³/mol. The van der Waals surface area contributed by atoms with Crippen LogP contribution >= 0.6 is 0 Å². The van der Waals surface area contributed by atoms with Crippen LogP contribution in [-0.2, 0) is 0 Å². The van der Waals surface area contributed by atoms with E-state index >= 15 is 0 Å². The molecule has 5 aromatic carbocycles. The maximum atomic E-state index is 6.23. The van der Waals surface area contributed by atoms with Crippen LogP contribution in [0, 0.1) is 0 Å². The highest BCUT2D eigenvalue weighted by Crippen LogP contribution is 2.34. The Labute approximate surface area is 270 Å². The van der Waals surface area contributed by atoms with E-state index in [4.69, 9.17) is 24.4 Å². The molecule has 47 heavy (non-hydrogen) atoms. The molecule has 0 spiro atoms. The average molecular weight is 604 g/mol. The van der Waals surface area contributed by atoms with E-state index in [1.54, 1.807) is 0 Å². The minimum absolute atomic E-state index is 0.588. The summed E-state index contributed by atoms with van der Waals surface area (Å²) in [6, 6.07) is 48.9. The molecule has 4 heterocycles. The molecule has 0 saturated carbocycles. The van der Waals surface area contributed by atoms with Gasteiger partial charge in [-0.25, -0.2) is 19.9 Å². The Kier molecular flexibility index (Phi) is 6.35. The SMILES string of the molecule is c1ccc(-c2nc(-c3ccccc3)nc(-c3cccc(-c4ccc5oc6nc(-c7cc8ccccc8cn7)ccc6c5c4)c3)n2)cc1. The summed E-state index contributed by atoms with van der Waals surface area (Å²) in [5, 5.41) is 4.19. The molecular formula is C41H25N5O. The fourth-order valence-corrected chi connectivity index (χ4v) is 5.98. The molecule has 220 valence electrons. The van der Waals surface area contributed by atoms with Crippen LogP contribution in [0.5, 0.6) is 0 Å². The van der Waals surface area contributed by atoms with Gasteiger partial charge in [-0.2, -0.15) is 0 Å². The van der Waals surface area contributed by atoms with Gasteiger partial charge in [-0.15, -0.1) is 0 Å². The summed E-state index contributed by atoms with van der Waals surface area (Å²) in [5.74, 6) is 1.89. The van der Waals surface area contributed by atoms with Gasteiger partial charge < -0.3 is 4.42 Å². The van der Waals surface area contributed by atoms with Gasteiger partial charge in [0, 0.05) is 39.0 Å². The van der Waals surface area contributed by atoms with Crippen molar-refractivity contribution < 1.29 is 4.42 Å². The summed E-state index contributed by atoms with van der Waals surface area (Å²) in [5.41, 5.74) is 7.86. The molecule has 6 heteroatoms. The van der Waals surface area contributed by atoms with Crippen molar-refractivity contribution in [3.63, 3.8) is 0 Å². The van der Waals surface area contributed by atoms with E-state index in [1.165, 1.54) is 0 Å². The molecular weight excluding hydrogens is 578 g/mol. The first-order valence-electron chi connectivity index (χ1n) is 15.4. The van der Waals surface area contributed by atoms with Crippen LogP contribution in [-0.4, -0.2) is 24.9 Å². The lowest BCUT2D eigenvalue weighted by molar-refractivity contribution is 0.654. The van der Waals surface area contributed by atoms with Gasteiger partial charge in [0.1, 0.15) is 5.58 Å². The molecule has 9 aromatic rings. The standard InChI is InChI=1S/C41H25N5O/c1-3-10-26(11-4-1)38-44-39(27-12-5-2-6-13-27)46-40(45-38)31-17-9-16-28(22-31)30-18-21-37-34(23-30)33-19-20-35(43-41(33)47-37)36-24-29-14-7-8-15-32(29)25-42-36/h1-25H. The number of benzene rings is 5. The van der Waals surface area contributed by atoms with Crippen LogP contribution in [0.2, 0.25) is 0 Å². The maximum Gasteiger partial charge on any atom is 0.227 e. The van der Waals surface area contributed by atoms with E-state index < -0.39 is 0 Å². The molecule has 0 aliphatic heterocycles. The summed E-state index contributed by atoms with van der Waals surface area (Å²) < 4.78 is 6.23. The monoisotopic (exact) mass is 603 g/mol. The number of hydrogen-bond donors (Lipinski definition) is 0. The number of furan rings is 1. The minimum Gasteiger partial charge on any atom is -0.438 e. The Hall–Kier alpha value is -6.53. The van der Waals surface area contributed by atoms with E-state index in [-0.39, 0.29) is 0 Å². The van der Waals surface area contributed by atoms with Gasteiger partial charge in [0.25, 0.3) is 0 Å². The van der Waals surface area contributed by atoms with Gasteiger partial charge in [0.2, 0.25) is 5.71 Å². The zero-order valence-electron chi connectivity index (χ0n) is 25.1. The number of aromatic nitrogens is 5. The molecule has 0 amide bonds. The first-order chi connectivity index (χ1) is 23.2. The molecule has 0 unspecified atom stereocenters. The van der Waals surface area contributed by atoms with E-state index in [0.717, 1.165) is 66.3 Å². The molecule has 0 radical (unpaired) electrons. The van der Waals surface area contributed by atoms with E-state index in [2.05, 4.69) is 53.5 Å². The summed E-state index contributed by atoms with van der Waals surface area (Å²) in [4.78, 5) is 24.2. The lowest BCUT2D eigenvalue weighted by Crippen LogP contribution is -2.00. The Morgan fingerprint density at radius 3 is 1.74 bits per heavy atom. The lowest BCUT2D eigenvalue weighted by Gasteiger charge is -2.09. The number of pyridine rings is 2. The number of rotatable bonds is 5. The maximum absolute atomic E-state index is 6.23. The molecule has 0 bridgehead atoms. The molecule has 0 atom stereocenters. The zero-order chi connectivity index (χ0) is 31.2. The molecule has 6 nitrogen and oxygen atoms in total. The van der Waals surface area contributed by atoms with E-state index in [9.17, 15) is 0 Å². The van der Waals surface area contributed by atoms with Crippen molar-refractivity contribution in [2.75, 3.05) is 0 Å². The molecule has 0 aliphatic carbocycles. The normalized spacial score (nSPS) is 11.4. The second-order valence-corrected chi connectivity index (χ2v) is 11.4. The third-order valence-electron chi connectivity index (χ3n) is 8.38. The van der Waals surface area contributed by atoms with Crippen LogP contribution < -0.4 is 0 Å². The van der Waals surface area contributed by atoms with Crippen molar-refractivity contribution in [2.24, 2.45) is 0 Å². The number of fused-ring (bicyclic) bond motifs is 4. The highest BCUT2D eigenvalue weighted by atomic mass is 16.3. The van der Waals surface area contributed by atoms with Gasteiger partial charge in [-0.3, -0.25) is 4.98 Å². The Bertz CT molecular complexity index is 2520. The van der Waals surface area contributed by atoms with Gasteiger partial charge in [-0.05, 0) is 52.9 Å². The third kappa shape index (κ3) is 4.98. The lowest BCUT2D eigenvalue weighted by atomic mass is 10.0. The summed E-state index contributed by atoms with van der Waals surface area (Å²) in [6.45, 7) is 0. The van der Waals surface area contributed by atoms with Crippen molar-refractivity contribution in [1.82, 2.24) is 24.9 Å². The fourth-order valence-electron chi connectivity index (χ4n) is 5.98. The quantitative estimate of drug-likeness (QED) is 0.195. The Morgan fingerprint density at radius 1 is 0.383 bits per heavy atom. The molecule has 0 aliphatic rings. The highest BCUT2D eigenvalue weighted by molar-refractivity contribution is 6.05. The van der Waals surface area contributed by atoms with Crippen LogP contribution in [0.1, 0.15) is 0 Å². The van der Waals surface area contributed by atoms with Gasteiger partial charge >= 0.3 is 0 Å². The molecule has 9 rings (SSSR count). The Balaban J connectivity index is 1.11. The van der Waals surface area contributed by atoms with Crippen LogP contribution in [0.25, 0.3) is 89.5 Å². The van der Waals surface area contributed by atoms with Crippen molar-refractivity contribution in [2.45, 2.75) is 0 Å². The number of nitrogens with zero attached hydrogens (tertiary/aromatic N) is 5. The first kappa shape index (κ1) is 26.8. The van der Waals surface area contributed by atoms with Crippen LogP contribution in [0.15, 0.2) is 156 Å². The highest BCUT2D eigenvalue weighted by Gasteiger charge is 2.15. The van der Waals surface area contributed by atoms with E-state index in [0.29, 0.717) is 23.2 Å². The molecule has 0 saturated heterocycles. The fraction of sp³-hybridized carbons (Fsp3) is 0. The predicted octanol–water partition coefficient (Wildman–Crippen LogP) is 10.0. The van der Waals surface area contributed by atoms with Crippen molar-refractivity contribution in [3.05, 3.63) is 152 Å². The molecule has 0 N–H and O–H groups in total. The third-order valence-corrected chi connectivity index (χ3v) is 8.38.